The van der Waals surface area contributed by atoms with Gasteiger partial charge in [0.05, 0.1) is 11.4 Å². The van der Waals surface area contributed by atoms with Gasteiger partial charge in [0.15, 0.2) is 0 Å². The number of halogens is 1. The molecule has 1 aliphatic carbocycles. The second-order valence-corrected chi connectivity index (χ2v) is 10.2. The molecule has 32 heavy (non-hydrogen) atoms. The molecule has 5 rings (SSSR count). The van der Waals surface area contributed by atoms with Crippen molar-refractivity contribution in [2.75, 3.05) is 4.90 Å². The van der Waals surface area contributed by atoms with Crippen LogP contribution in [0.3, 0.4) is 0 Å². The Hall–Kier alpha value is -2.64. The van der Waals surface area contributed by atoms with E-state index in [2.05, 4.69) is 5.32 Å². The molecule has 0 saturated heterocycles. The number of nitrogens with zero attached hydrogens (tertiary/aromatic N) is 3. The van der Waals surface area contributed by atoms with Gasteiger partial charge in [-0.05, 0) is 68.0 Å². The van der Waals surface area contributed by atoms with Crippen LogP contribution >= 0.6 is 22.9 Å². The maximum absolute atomic E-state index is 13.9. The van der Waals surface area contributed by atoms with E-state index in [-0.39, 0.29) is 24.4 Å². The van der Waals surface area contributed by atoms with E-state index in [1.807, 2.05) is 49.6 Å². The fourth-order valence-electron chi connectivity index (χ4n) is 4.78. The Morgan fingerprint density at radius 3 is 2.72 bits per heavy atom. The van der Waals surface area contributed by atoms with Crippen LogP contribution in [-0.2, 0) is 11.3 Å². The molecule has 8 heteroatoms. The molecule has 1 unspecified atom stereocenters. The van der Waals surface area contributed by atoms with Gasteiger partial charge in [-0.1, -0.05) is 30.5 Å². The zero-order valence-corrected chi connectivity index (χ0v) is 19.7. The van der Waals surface area contributed by atoms with Crippen molar-refractivity contribution in [2.24, 2.45) is 0 Å². The van der Waals surface area contributed by atoms with Gasteiger partial charge in [0, 0.05) is 16.8 Å². The molecule has 1 aliphatic heterocycles. The van der Waals surface area contributed by atoms with E-state index in [0.29, 0.717) is 16.4 Å². The SMILES string of the molecule is Cc1cc(Cl)ccc1N1C(=O)c2cc(-c3cccs3)nn2CC1(C)C(=O)NC1CCCC1. The number of fused-ring (bicyclic) bond motifs is 1. The molecule has 3 heterocycles. The highest BCUT2D eigenvalue weighted by Crippen LogP contribution is 2.37. The Balaban J connectivity index is 1.60. The maximum Gasteiger partial charge on any atom is 0.277 e. The van der Waals surface area contributed by atoms with Crippen LogP contribution in [0.5, 0.6) is 0 Å². The maximum atomic E-state index is 13.9. The van der Waals surface area contributed by atoms with Crippen LogP contribution in [0.15, 0.2) is 41.8 Å². The summed E-state index contributed by atoms with van der Waals surface area (Å²) in [5.41, 5.74) is 1.64. The van der Waals surface area contributed by atoms with E-state index in [0.717, 1.165) is 41.8 Å². The van der Waals surface area contributed by atoms with Crippen molar-refractivity contribution in [3.05, 3.63) is 58.1 Å². The number of hydrogen-bond donors (Lipinski definition) is 1. The second kappa shape index (κ2) is 8.05. The summed E-state index contributed by atoms with van der Waals surface area (Å²) in [4.78, 5) is 30.1. The number of aromatic nitrogens is 2. The Morgan fingerprint density at radius 1 is 1.25 bits per heavy atom. The van der Waals surface area contributed by atoms with Gasteiger partial charge in [0.25, 0.3) is 5.91 Å². The lowest BCUT2D eigenvalue weighted by molar-refractivity contribution is -0.127. The smallest absolute Gasteiger partial charge is 0.277 e. The summed E-state index contributed by atoms with van der Waals surface area (Å²) in [5, 5.41) is 10.5. The molecule has 2 amide bonds. The van der Waals surface area contributed by atoms with Gasteiger partial charge in [-0.25, -0.2) is 0 Å². The summed E-state index contributed by atoms with van der Waals surface area (Å²) in [6, 6.07) is 11.3. The van der Waals surface area contributed by atoms with Crippen molar-refractivity contribution in [1.82, 2.24) is 15.1 Å². The monoisotopic (exact) mass is 468 g/mol. The molecule has 3 aromatic rings. The topological polar surface area (TPSA) is 67.2 Å². The van der Waals surface area contributed by atoms with E-state index < -0.39 is 5.54 Å². The summed E-state index contributed by atoms with van der Waals surface area (Å²) < 4.78 is 1.69. The molecule has 1 saturated carbocycles. The third-order valence-corrected chi connectivity index (χ3v) is 7.63. The Bertz CT molecular complexity index is 1180. The second-order valence-electron chi connectivity index (χ2n) is 8.85. The largest absolute Gasteiger partial charge is 0.351 e. The highest BCUT2D eigenvalue weighted by Gasteiger charge is 2.49. The number of nitrogens with one attached hydrogen (secondary N) is 1. The number of carbonyl (C=O) groups is 2. The van der Waals surface area contributed by atoms with Crippen LogP contribution < -0.4 is 10.2 Å². The zero-order chi connectivity index (χ0) is 22.5. The summed E-state index contributed by atoms with van der Waals surface area (Å²) in [6.45, 7) is 4.02. The summed E-state index contributed by atoms with van der Waals surface area (Å²) >= 11 is 7.76. The molecule has 0 spiro atoms. The number of rotatable bonds is 4. The first-order valence-electron chi connectivity index (χ1n) is 10.9. The third kappa shape index (κ3) is 3.53. The minimum absolute atomic E-state index is 0.147. The van der Waals surface area contributed by atoms with Gasteiger partial charge in [-0.3, -0.25) is 19.2 Å². The fourth-order valence-corrected chi connectivity index (χ4v) is 5.69. The number of benzene rings is 1. The van der Waals surface area contributed by atoms with Crippen LogP contribution in [0, 0.1) is 6.92 Å². The molecule has 0 radical (unpaired) electrons. The minimum atomic E-state index is -1.12. The molecule has 1 aromatic carbocycles. The Labute approximate surface area is 196 Å². The predicted molar refractivity (Wildman–Crippen MR) is 127 cm³/mol. The molecular formula is C24H25ClN4O2S. The van der Waals surface area contributed by atoms with E-state index in [9.17, 15) is 9.59 Å². The quantitative estimate of drug-likeness (QED) is 0.582. The van der Waals surface area contributed by atoms with Crippen molar-refractivity contribution in [1.29, 1.82) is 0 Å². The van der Waals surface area contributed by atoms with Crippen molar-refractivity contribution in [3.8, 4) is 10.6 Å². The van der Waals surface area contributed by atoms with E-state index in [4.69, 9.17) is 16.7 Å². The zero-order valence-electron chi connectivity index (χ0n) is 18.1. The van der Waals surface area contributed by atoms with Crippen LogP contribution in [0.4, 0.5) is 5.69 Å². The molecule has 2 aliphatic rings. The first kappa shape index (κ1) is 21.2. The fraction of sp³-hybridized carbons (Fsp3) is 0.375. The summed E-state index contributed by atoms with van der Waals surface area (Å²) in [6.07, 6.45) is 4.19. The number of anilines is 1. The van der Waals surface area contributed by atoms with E-state index >= 15 is 0 Å². The molecule has 166 valence electrons. The standard InChI is InChI=1S/C24H25ClN4O2S/c1-15-12-16(25)9-10-19(15)29-22(30)20-13-18(21-8-5-11-32-21)27-28(20)14-24(29,2)23(31)26-17-6-3-4-7-17/h5,8-13,17H,3-4,6-7,14H2,1-2H3,(H,26,31). The van der Waals surface area contributed by atoms with Gasteiger partial charge >= 0.3 is 0 Å². The van der Waals surface area contributed by atoms with Crippen LogP contribution in [0.1, 0.15) is 48.7 Å². The van der Waals surface area contributed by atoms with E-state index in [1.165, 1.54) is 0 Å². The van der Waals surface area contributed by atoms with Crippen molar-refractivity contribution < 1.29 is 9.59 Å². The van der Waals surface area contributed by atoms with Gasteiger partial charge in [-0.15, -0.1) is 11.3 Å². The van der Waals surface area contributed by atoms with Gasteiger partial charge in [0.2, 0.25) is 5.91 Å². The Kier molecular flexibility index (Phi) is 5.34. The average molecular weight is 469 g/mol. The number of amides is 2. The number of hydrogen-bond acceptors (Lipinski definition) is 4. The Morgan fingerprint density at radius 2 is 2.03 bits per heavy atom. The van der Waals surface area contributed by atoms with Crippen LogP contribution in [-0.4, -0.2) is 33.2 Å². The molecule has 1 N–H and O–H groups in total. The molecule has 2 aromatic heterocycles. The summed E-state index contributed by atoms with van der Waals surface area (Å²) in [5.74, 6) is -0.382. The first-order chi connectivity index (χ1) is 15.4. The highest BCUT2D eigenvalue weighted by atomic mass is 35.5. The molecule has 1 fully saturated rings. The van der Waals surface area contributed by atoms with Gasteiger partial charge in [0.1, 0.15) is 16.9 Å². The van der Waals surface area contributed by atoms with Crippen LogP contribution in [0.2, 0.25) is 5.02 Å². The molecular weight excluding hydrogens is 444 g/mol. The predicted octanol–water partition coefficient (Wildman–Crippen LogP) is 5.05. The number of aryl methyl sites for hydroxylation is 1. The average Bonchev–Trinajstić information content (AvgIpc) is 3.50. The minimum Gasteiger partial charge on any atom is -0.351 e. The lowest BCUT2D eigenvalue weighted by atomic mass is 9.92. The lowest BCUT2D eigenvalue weighted by Crippen LogP contribution is -2.65. The number of thiophene rings is 1. The molecule has 6 nitrogen and oxygen atoms in total. The van der Waals surface area contributed by atoms with Crippen molar-refractivity contribution >= 4 is 40.4 Å². The summed E-state index contributed by atoms with van der Waals surface area (Å²) in [7, 11) is 0. The van der Waals surface area contributed by atoms with Crippen LogP contribution in [0.25, 0.3) is 10.6 Å². The molecule has 0 bridgehead atoms. The van der Waals surface area contributed by atoms with Crippen molar-refractivity contribution in [3.63, 3.8) is 0 Å². The van der Waals surface area contributed by atoms with E-state index in [1.54, 1.807) is 27.0 Å². The normalized spacial score (nSPS) is 21.1. The van der Waals surface area contributed by atoms with Gasteiger partial charge < -0.3 is 5.32 Å². The number of carbonyl (C=O) groups excluding carboxylic acids is 2. The van der Waals surface area contributed by atoms with Gasteiger partial charge in [-0.2, -0.15) is 5.10 Å². The molecule has 1 atom stereocenters. The third-order valence-electron chi connectivity index (χ3n) is 6.51. The van der Waals surface area contributed by atoms with Crippen molar-refractivity contribution in [2.45, 2.75) is 57.7 Å². The lowest BCUT2D eigenvalue weighted by Gasteiger charge is -2.44. The first-order valence-corrected chi connectivity index (χ1v) is 12.2. The highest BCUT2D eigenvalue weighted by molar-refractivity contribution is 7.13.